The summed E-state index contributed by atoms with van der Waals surface area (Å²) in [7, 11) is 0. The van der Waals surface area contributed by atoms with Crippen molar-refractivity contribution in [3.05, 3.63) is 106 Å². The molecule has 0 radical (unpaired) electrons. The Hall–Kier alpha value is -2.64. The van der Waals surface area contributed by atoms with Crippen molar-refractivity contribution in [3.63, 3.8) is 0 Å². The molecule has 3 aromatic rings. The quantitative estimate of drug-likeness (QED) is 0.280. The van der Waals surface area contributed by atoms with Crippen LogP contribution in [0.15, 0.2) is 83.3 Å². The fraction of sp³-hybridized carbons (Fsp3) is 0.310. The first-order chi connectivity index (χ1) is 17.3. The zero-order chi connectivity index (χ0) is 25.9. The van der Waals surface area contributed by atoms with Crippen molar-refractivity contribution in [3.8, 4) is 0 Å². The normalized spacial score (nSPS) is 11.8. The number of hydrogen-bond acceptors (Lipinski definition) is 3. The molecule has 3 aromatic carbocycles. The Morgan fingerprint density at radius 2 is 1.64 bits per heavy atom. The van der Waals surface area contributed by atoms with Crippen LogP contribution in [0.25, 0.3) is 0 Å². The summed E-state index contributed by atoms with van der Waals surface area (Å²) >= 11 is 4.97. The van der Waals surface area contributed by atoms with Gasteiger partial charge in [0.25, 0.3) is 0 Å². The first kappa shape index (κ1) is 27.9. The molecule has 0 spiro atoms. The highest BCUT2D eigenvalue weighted by Gasteiger charge is 2.30. The first-order valence-corrected chi connectivity index (χ1v) is 13.9. The van der Waals surface area contributed by atoms with E-state index in [2.05, 4.69) is 21.2 Å². The molecule has 7 heteroatoms. The molecule has 1 N–H and O–H groups in total. The third-order valence-corrected chi connectivity index (χ3v) is 7.09. The van der Waals surface area contributed by atoms with Crippen LogP contribution in [-0.2, 0) is 28.3 Å². The average molecular weight is 572 g/mol. The van der Waals surface area contributed by atoms with Gasteiger partial charge in [0.1, 0.15) is 11.9 Å². The lowest BCUT2D eigenvalue weighted by Crippen LogP contribution is -2.51. The Morgan fingerprint density at radius 1 is 0.944 bits per heavy atom. The van der Waals surface area contributed by atoms with Crippen molar-refractivity contribution in [2.75, 3.05) is 12.3 Å². The summed E-state index contributed by atoms with van der Waals surface area (Å²) in [5.74, 6) is 0.554. The predicted molar refractivity (Wildman–Crippen MR) is 149 cm³/mol. The monoisotopic (exact) mass is 570 g/mol. The number of rotatable bonds is 12. The highest BCUT2D eigenvalue weighted by atomic mass is 79.9. The van der Waals surface area contributed by atoms with Crippen LogP contribution in [0.4, 0.5) is 4.39 Å². The number of thioether (sulfide) groups is 1. The van der Waals surface area contributed by atoms with Gasteiger partial charge in [0.2, 0.25) is 11.8 Å². The molecule has 0 aromatic heterocycles. The lowest BCUT2D eigenvalue weighted by atomic mass is 10.0. The van der Waals surface area contributed by atoms with Gasteiger partial charge in [-0.3, -0.25) is 9.59 Å². The average Bonchev–Trinajstić information content (AvgIpc) is 2.86. The zero-order valence-electron chi connectivity index (χ0n) is 20.6. The van der Waals surface area contributed by atoms with Crippen molar-refractivity contribution < 1.29 is 14.0 Å². The molecule has 0 unspecified atom stereocenters. The molecule has 0 heterocycles. The Kier molecular flexibility index (Phi) is 11.0. The van der Waals surface area contributed by atoms with Crippen molar-refractivity contribution in [2.24, 2.45) is 5.92 Å². The van der Waals surface area contributed by atoms with Crippen LogP contribution in [0, 0.1) is 11.7 Å². The van der Waals surface area contributed by atoms with Gasteiger partial charge < -0.3 is 10.2 Å². The number of halogens is 2. The Labute approximate surface area is 225 Å². The standard InChI is InChI=1S/C29H32BrFN2O2S/c1-21(2)17-32-29(35)27(16-22-7-4-3-5-8-22)33(18-24-9-6-10-25(30)15-24)28(34)20-36-19-23-11-13-26(31)14-12-23/h3-15,21,27H,16-20H2,1-2H3,(H,32,35)/t27-/m0/s1. The van der Waals surface area contributed by atoms with E-state index >= 15 is 0 Å². The van der Waals surface area contributed by atoms with Crippen molar-refractivity contribution in [1.82, 2.24) is 10.2 Å². The topological polar surface area (TPSA) is 49.4 Å². The lowest BCUT2D eigenvalue weighted by molar-refractivity contribution is -0.139. The number of carbonyl (C=O) groups excluding carboxylic acids is 2. The third-order valence-electron chi connectivity index (χ3n) is 5.61. The minimum absolute atomic E-state index is 0.109. The molecule has 0 saturated carbocycles. The summed E-state index contributed by atoms with van der Waals surface area (Å²) in [6.07, 6.45) is 0.424. The van der Waals surface area contributed by atoms with Gasteiger partial charge in [-0.15, -0.1) is 11.8 Å². The van der Waals surface area contributed by atoms with Gasteiger partial charge in [-0.1, -0.05) is 84.4 Å². The van der Waals surface area contributed by atoms with Crippen LogP contribution in [0.5, 0.6) is 0 Å². The van der Waals surface area contributed by atoms with Crippen molar-refractivity contribution >= 4 is 39.5 Å². The Balaban J connectivity index is 1.83. The smallest absolute Gasteiger partial charge is 0.243 e. The number of hydrogen-bond donors (Lipinski definition) is 1. The molecule has 0 aliphatic heterocycles. The fourth-order valence-corrected chi connectivity index (χ4v) is 5.05. The van der Waals surface area contributed by atoms with Crippen LogP contribution in [-0.4, -0.2) is 35.1 Å². The lowest BCUT2D eigenvalue weighted by Gasteiger charge is -2.32. The van der Waals surface area contributed by atoms with E-state index < -0.39 is 6.04 Å². The third kappa shape index (κ3) is 9.10. The van der Waals surface area contributed by atoms with Crippen LogP contribution in [0.3, 0.4) is 0 Å². The maximum Gasteiger partial charge on any atom is 0.243 e. The van der Waals surface area contributed by atoms with Crippen LogP contribution in [0.1, 0.15) is 30.5 Å². The molecule has 190 valence electrons. The first-order valence-electron chi connectivity index (χ1n) is 12.0. The molecule has 0 bridgehead atoms. The van der Waals surface area contributed by atoms with Gasteiger partial charge in [0, 0.05) is 29.7 Å². The van der Waals surface area contributed by atoms with Gasteiger partial charge in [0.05, 0.1) is 5.75 Å². The molecule has 0 aliphatic rings. The van der Waals surface area contributed by atoms with Crippen molar-refractivity contribution in [1.29, 1.82) is 0 Å². The molecule has 0 saturated heterocycles. The SMILES string of the molecule is CC(C)CNC(=O)[C@H](Cc1ccccc1)N(Cc1cccc(Br)c1)C(=O)CSCc1ccc(F)cc1. The largest absolute Gasteiger partial charge is 0.354 e. The molecular weight excluding hydrogens is 539 g/mol. The van der Waals surface area contributed by atoms with Gasteiger partial charge in [-0.25, -0.2) is 4.39 Å². The number of nitrogens with one attached hydrogen (secondary N) is 1. The Morgan fingerprint density at radius 3 is 2.31 bits per heavy atom. The van der Waals surface area contributed by atoms with E-state index in [1.807, 2.05) is 68.4 Å². The molecule has 36 heavy (non-hydrogen) atoms. The van der Waals surface area contributed by atoms with Crippen molar-refractivity contribution in [2.45, 2.75) is 38.6 Å². The highest BCUT2D eigenvalue weighted by Crippen LogP contribution is 2.20. The van der Waals surface area contributed by atoms with E-state index in [0.29, 0.717) is 31.2 Å². The molecule has 0 aliphatic carbocycles. The van der Waals surface area contributed by atoms with Gasteiger partial charge in [0.15, 0.2) is 0 Å². The second kappa shape index (κ2) is 14.2. The molecule has 3 rings (SSSR count). The molecule has 2 amide bonds. The molecule has 1 atom stereocenters. The Bertz CT molecular complexity index is 1130. The van der Waals surface area contributed by atoms with Crippen LogP contribution >= 0.6 is 27.7 Å². The second-order valence-corrected chi connectivity index (χ2v) is 11.0. The van der Waals surface area contributed by atoms with Gasteiger partial charge >= 0.3 is 0 Å². The molecule has 0 fully saturated rings. The summed E-state index contributed by atoms with van der Waals surface area (Å²) < 4.78 is 14.1. The molecule has 4 nitrogen and oxygen atoms in total. The fourth-order valence-electron chi connectivity index (χ4n) is 3.73. The van der Waals surface area contributed by atoms with E-state index in [1.54, 1.807) is 17.0 Å². The molecular formula is C29H32BrFN2O2S. The summed E-state index contributed by atoms with van der Waals surface area (Å²) in [5.41, 5.74) is 2.88. The van der Waals surface area contributed by atoms with E-state index in [0.717, 1.165) is 21.2 Å². The zero-order valence-corrected chi connectivity index (χ0v) is 23.0. The summed E-state index contributed by atoms with van der Waals surface area (Å²) in [4.78, 5) is 28.7. The highest BCUT2D eigenvalue weighted by molar-refractivity contribution is 9.10. The predicted octanol–water partition coefficient (Wildman–Crippen LogP) is 6.23. The number of carbonyl (C=O) groups is 2. The minimum Gasteiger partial charge on any atom is -0.354 e. The number of nitrogens with zero attached hydrogens (tertiary/aromatic N) is 1. The van der Waals surface area contributed by atoms with Gasteiger partial charge in [-0.05, 0) is 46.9 Å². The van der Waals surface area contributed by atoms with Gasteiger partial charge in [-0.2, -0.15) is 0 Å². The second-order valence-electron chi connectivity index (χ2n) is 9.12. The van der Waals surface area contributed by atoms with E-state index in [1.165, 1.54) is 23.9 Å². The number of amides is 2. The van der Waals surface area contributed by atoms with Crippen LogP contribution < -0.4 is 5.32 Å². The summed E-state index contributed by atoms with van der Waals surface area (Å²) in [6.45, 7) is 4.95. The minimum atomic E-state index is -0.649. The maximum absolute atomic E-state index is 13.6. The number of benzene rings is 3. The maximum atomic E-state index is 13.6. The summed E-state index contributed by atoms with van der Waals surface area (Å²) in [6, 6.07) is 23.2. The van der Waals surface area contributed by atoms with E-state index in [4.69, 9.17) is 0 Å². The van der Waals surface area contributed by atoms with E-state index in [9.17, 15) is 14.0 Å². The van der Waals surface area contributed by atoms with E-state index in [-0.39, 0.29) is 23.4 Å². The van der Waals surface area contributed by atoms with Crippen LogP contribution in [0.2, 0.25) is 0 Å². The summed E-state index contributed by atoms with van der Waals surface area (Å²) in [5, 5.41) is 3.04.